The van der Waals surface area contributed by atoms with Gasteiger partial charge in [-0.25, -0.2) is 0 Å². The van der Waals surface area contributed by atoms with Gasteiger partial charge in [-0.15, -0.1) is 0 Å². The van der Waals surface area contributed by atoms with Gasteiger partial charge in [-0.2, -0.15) is 5.10 Å². The number of aromatic nitrogens is 2. The summed E-state index contributed by atoms with van der Waals surface area (Å²) in [4.78, 5) is 0. The van der Waals surface area contributed by atoms with Gasteiger partial charge in [0.25, 0.3) is 0 Å². The van der Waals surface area contributed by atoms with Crippen LogP contribution in [-0.4, -0.2) is 21.9 Å². The van der Waals surface area contributed by atoms with Crippen LogP contribution >= 0.6 is 0 Å². The van der Waals surface area contributed by atoms with Crippen molar-refractivity contribution in [1.82, 2.24) is 15.1 Å². The Bertz CT molecular complexity index is 1090. The lowest BCUT2D eigenvalue weighted by Gasteiger charge is -2.25. The van der Waals surface area contributed by atoms with E-state index in [0.717, 1.165) is 29.9 Å². The Kier molecular flexibility index (Phi) is 11.4. The molecule has 0 radical (unpaired) electrons. The van der Waals surface area contributed by atoms with Crippen molar-refractivity contribution in [3.05, 3.63) is 71.5 Å². The van der Waals surface area contributed by atoms with Crippen LogP contribution in [0, 0.1) is 18.8 Å². The van der Waals surface area contributed by atoms with Crippen LogP contribution in [0.15, 0.2) is 60.4 Å². The van der Waals surface area contributed by atoms with Crippen molar-refractivity contribution in [2.75, 3.05) is 0 Å². The first-order chi connectivity index (χ1) is 17.1. The number of fused-ring (bicyclic) bond motifs is 3. The summed E-state index contributed by atoms with van der Waals surface area (Å²) in [5.74, 6) is 1.44. The van der Waals surface area contributed by atoms with Crippen molar-refractivity contribution in [2.45, 2.75) is 99.6 Å². The maximum absolute atomic E-state index is 4.54. The molecule has 1 aromatic heterocycles. The van der Waals surface area contributed by atoms with Crippen LogP contribution in [0.3, 0.4) is 0 Å². The van der Waals surface area contributed by atoms with E-state index in [1.54, 1.807) is 0 Å². The highest BCUT2D eigenvalue weighted by Crippen LogP contribution is 2.30. The number of hydrogen-bond acceptors (Lipinski definition) is 2. The zero-order valence-corrected chi connectivity index (χ0v) is 24.5. The van der Waals surface area contributed by atoms with E-state index in [4.69, 9.17) is 0 Å². The van der Waals surface area contributed by atoms with Crippen LogP contribution in [0.2, 0.25) is 0 Å². The molecule has 0 saturated carbocycles. The smallest absolute Gasteiger partial charge is 0.0952 e. The highest BCUT2D eigenvalue weighted by Gasteiger charge is 2.30. The van der Waals surface area contributed by atoms with Crippen molar-refractivity contribution in [2.24, 2.45) is 18.9 Å². The molecule has 2 aliphatic heterocycles. The number of benzene rings is 1. The van der Waals surface area contributed by atoms with Crippen molar-refractivity contribution in [3.8, 4) is 0 Å². The van der Waals surface area contributed by atoms with Gasteiger partial charge in [-0.3, -0.25) is 4.68 Å². The molecule has 2 aromatic rings. The molecule has 3 unspecified atom stereocenters. The summed E-state index contributed by atoms with van der Waals surface area (Å²) in [5, 5.41) is 9.35. The molecule has 0 amide bonds. The Labute approximate surface area is 221 Å². The van der Waals surface area contributed by atoms with Gasteiger partial charge in [-0.1, -0.05) is 58.6 Å². The number of aryl methyl sites for hydroxylation is 2. The minimum absolute atomic E-state index is 0.455. The standard InChI is InChI=1S/C23H30N2.C8H15N.C2H6/c1-9-16(4)20(10-17(5)15(2)3)11-18(6)21-12-19(7)23-22(13-21)14-25(8)24-23;1-6-4-7-2-3-8(5-6)9-7;1-2/h9,11-14,17H,1-2,10H2,3-8H3;6-9H,2-5H2,1H3;1-2H3/b18-11+,20-16-;;. The van der Waals surface area contributed by atoms with Crippen LogP contribution < -0.4 is 5.32 Å². The predicted molar refractivity (Wildman–Crippen MR) is 160 cm³/mol. The monoisotopic (exact) mass is 489 g/mol. The summed E-state index contributed by atoms with van der Waals surface area (Å²) >= 11 is 0. The Balaban J connectivity index is 0.000000341. The van der Waals surface area contributed by atoms with E-state index in [1.807, 2.05) is 31.7 Å². The van der Waals surface area contributed by atoms with Crippen LogP contribution in [0.5, 0.6) is 0 Å². The molecule has 2 bridgehead atoms. The summed E-state index contributed by atoms with van der Waals surface area (Å²) in [7, 11) is 1.97. The van der Waals surface area contributed by atoms with Crippen molar-refractivity contribution in [1.29, 1.82) is 0 Å². The van der Waals surface area contributed by atoms with Gasteiger partial charge in [0.1, 0.15) is 0 Å². The van der Waals surface area contributed by atoms with Crippen LogP contribution in [0.4, 0.5) is 0 Å². The first-order valence-electron chi connectivity index (χ1n) is 13.9. The fraction of sp³-hybridized carbons (Fsp3) is 0.545. The third-order valence-corrected chi connectivity index (χ3v) is 7.65. The van der Waals surface area contributed by atoms with E-state index in [9.17, 15) is 0 Å². The third-order valence-electron chi connectivity index (χ3n) is 7.65. The van der Waals surface area contributed by atoms with Crippen LogP contribution in [0.25, 0.3) is 16.5 Å². The lowest BCUT2D eigenvalue weighted by atomic mass is 9.90. The number of hydrogen-bond donors (Lipinski definition) is 1. The second-order valence-electron chi connectivity index (χ2n) is 10.9. The minimum atomic E-state index is 0.455. The molecule has 4 rings (SSSR count). The quantitative estimate of drug-likeness (QED) is 0.324. The maximum atomic E-state index is 4.54. The van der Waals surface area contributed by atoms with E-state index in [0.29, 0.717) is 5.92 Å². The summed E-state index contributed by atoms with van der Waals surface area (Å²) in [6, 6.07) is 6.23. The average molecular weight is 490 g/mol. The van der Waals surface area contributed by atoms with Gasteiger partial charge in [0.15, 0.2) is 0 Å². The fourth-order valence-electron chi connectivity index (χ4n) is 5.31. The average Bonchev–Trinajstić information content (AvgIpc) is 3.40. The largest absolute Gasteiger partial charge is 0.311 e. The summed E-state index contributed by atoms with van der Waals surface area (Å²) in [5.41, 5.74) is 8.57. The van der Waals surface area contributed by atoms with E-state index < -0.39 is 0 Å². The molecule has 198 valence electrons. The Morgan fingerprint density at radius 3 is 2.33 bits per heavy atom. The van der Waals surface area contributed by atoms with Gasteiger partial charge in [0.2, 0.25) is 0 Å². The molecule has 1 N–H and O–H groups in total. The number of rotatable bonds is 6. The molecule has 3 heteroatoms. The zero-order valence-electron chi connectivity index (χ0n) is 24.5. The third kappa shape index (κ3) is 8.06. The van der Waals surface area contributed by atoms with Gasteiger partial charge in [0, 0.05) is 30.7 Å². The van der Waals surface area contributed by atoms with E-state index >= 15 is 0 Å². The van der Waals surface area contributed by atoms with Crippen molar-refractivity contribution < 1.29 is 0 Å². The molecule has 0 aliphatic carbocycles. The van der Waals surface area contributed by atoms with Gasteiger partial charge in [0.05, 0.1) is 5.52 Å². The molecule has 3 nitrogen and oxygen atoms in total. The Hall–Kier alpha value is -2.39. The summed E-state index contributed by atoms with van der Waals surface area (Å²) in [6.45, 7) is 25.2. The molecule has 0 spiro atoms. The molecule has 2 fully saturated rings. The van der Waals surface area contributed by atoms with Crippen LogP contribution in [-0.2, 0) is 7.05 Å². The van der Waals surface area contributed by atoms with Gasteiger partial charge < -0.3 is 5.32 Å². The van der Waals surface area contributed by atoms with Gasteiger partial charge >= 0.3 is 0 Å². The topological polar surface area (TPSA) is 29.9 Å². The second-order valence-corrected chi connectivity index (χ2v) is 10.9. The first kappa shape index (κ1) is 29.8. The number of allylic oxidation sites excluding steroid dienone is 6. The molecule has 1 aromatic carbocycles. The summed E-state index contributed by atoms with van der Waals surface area (Å²) < 4.78 is 1.88. The number of nitrogens with one attached hydrogen (secondary N) is 1. The number of nitrogens with zero attached hydrogens (tertiary/aromatic N) is 2. The molecule has 3 heterocycles. The Morgan fingerprint density at radius 2 is 1.78 bits per heavy atom. The lowest BCUT2D eigenvalue weighted by Crippen LogP contribution is -2.37. The van der Waals surface area contributed by atoms with Gasteiger partial charge in [-0.05, 0) is 112 Å². The molecule has 3 atom stereocenters. The first-order valence-corrected chi connectivity index (χ1v) is 13.9. The predicted octanol–water partition coefficient (Wildman–Crippen LogP) is 8.95. The normalized spacial score (nSPS) is 22.6. The molecular formula is C33H51N3. The minimum Gasteiger partial charge on any atom is -0.311 e. The summed E-state index contributed by atoms with van der Waals surface area (Å²) in [6.07, 6.45) is 13.0. The molecule has 2 aliphatic rings. The van der Waals surface area contributed by atoms with E-state index in [1.165, 1.54) is 64.5 Å². The van der Waals surface area contributed by atoms with Crippen LogP contribution in [0.1, 0.15) is 91.7 Å². The molecule has 36 heavy (non-hydrogen) atoms. The highest BCUT2D eigenvalue weighted by atomic mass is 15.2. The SMILES string of the molecule is C=C/C(C)=C(\C=C(/C)c1cc(C)c2nn(C)cc2c1)CC(C)C(=C)C.CC.CC1CC2CCC(C1)N2. The highest BCUT2D eigenvalue weighted by molar-refractivity contribution is 5.86. The number of piperidine rings is 1. The molecule has 2 saturated heterocycles. The lowest BCUT2D eigenvalue weighted by molar-refractivity contribution is 0.319. The maximum Gasteiger partial charge on any atom is 0.0952 e. The van der Waals surface area contributed by atoms with Crippen molar-refractivity contribution in [3.63, 3.8) is 0 Å². The Morgan fingerprint density at radius 1 is 1.17 bits per heavy atom. The molecular weight excluding hydrogens is 438 g/mol. The van der Waals surface area contributed by atoms with E-state index in [-0.39, 0.29) is 0 Å². The second kappa shape index (κ2) is 13.8. The van der Waals surface area contributed by atoms with E-state index in [2.05, 4.69) is 89.5 Å². The zero-order chi connectivity index (χ0) is 27.0. The fourth-order valence-corrected chi connectivity index (χ4v) is 5.31. The van der Waals surface area contributed by atoms with Crippen molar-refractivity contribution >= 4 is 16.5 Å².